The van der Waals surface area contributed by atoms with Crippen LogP contribution in [0.2, 0.25) is 0 Å². The third-order valence-corrected chi connectivity index (χ3v) is 10.2. The fourth-order valence-electron chi connectivity index (χ4n) is 7.91. The van der Waals surface area contributed by atoms with Crippen LogP contribution in [-0.4, -0.2) is 60.8 Å². The number of epoxide rings is 1. The highest BCUT2D eigenvalue weighted by Crippen LogP contribution is 2.48. The number of carbonyl (C=O) groups is 1. The lowest BCUT2D eigenvalue weighted by molar-refractivity contribution is -0.298. The predicted molar refractivity (Wildman–Crippen MR) is 148 cm³/mol. The highest BCUT2D eigenvalue weighted by atomic mass is 16.7. The molecule has 1 N–H and O–H groups in total. The molecule has 222 valence electrons. The van der Waals surface area contributed by atoms with E-state index in [1.165, 1.54) is 24.8 Å². The van der Waals surface area contributed by atoms with E-state index in [-0.39, 0.29) is 18.1 Å². The number of aliphatic carboxylic acids is 1. The van der Waals surface area contributed by atoms with Crippen molar-refractivity contribution in [3.63, 3.8) is 0 Å². The van der Waals surface area contributed by atoms with Crippen molar-refractivity contribution in [2.45, 2.75) is 153 Å². The summed E-state index contributed by atoms with van der Waals surface area (Å²) in [7, 11) is 0. The van der Waals surface area contributed by atoms with Gasteiger partial charge >= 0.3 is 5.97 Å². The average Bonchev–Trinajstić information content (AvgIpc) is 3.61. The fourth-order valence-corrected chi connectivity index (χ4v) is 7.91. The molecular weight excluding hydrogens is 496 g/mol. The number of carboxylic acids is 1. The third-order valence-electron chi connectivity index (χ3n) is 10.2. The maximum Gasteiger partial charge on any atom is 0.339 e. The lowest BCUT2D eigenvalue weighted by Crippen LogP contribution is -2.61. The van der Waals surface area contributed by atoms with Crippen LogP contribution in [0.15, 0.2) is 12.2 Å². The van der Waals surface area contributed by atoms with Gasteiger partial charge in [0, 0.05) is 25.6 Å². The van der Waals surface area contributed by atoms with Gasteiger partial charge in [-0.2, -0.15) is 0 Å². The summed E-state index contributed by atoms with van der Waals surface area (Å²) in [5.74, 6) is 0.162. The zero-order valence-corrected chi connectivity index (χ0v) is 24.2. The van der Waals surface area contributed by atoms with Crippen LogP contribution < -0.4 is 0 Å². The Balaban J connectivity index is 1.37. The van der Waals surface area contributed by atoms with E-state index in [2.05, 4.69) is 13.5 Å². The Morgan fingerprint density at radius 1 is 0.974 bits per heavy atom. The number of carboxylic acid groups (broad SMARTS) is 1. The number of allylic oxidation sites excluding steroid dienone is 1. The van der Waals surface area contributed by atoms with Gasteiger partial charge in [0.05, 0.1) is 12.2 Å². The molecule has 39 heavy (non-hydrogen) atoms. The second kappa shape index (κ2) is 13.8. The Morgan fingerprint density at radius 3 is 2.31 bits per heavy atom. The third kappa shape index (κ3) is 7.09. The Morgan fingerprint density at radius 2 is 1.67 bits per heavy atom. The maximum atomic E-state index is 13.4. The Kier molecular flexibility index (Phi) is 10.4. The number of hydrogen-bond donors (Lipinski definition) is 1. The summed E-state index contributed by atoms with van der Waals surface area (Å²) in [5, 5.41) is 11.0. The molecule has 0 radical (unpaired) electrons. The minimum atomic E-state index is -1.47. The molecule has 7 heteroatoms. The molecule has 5 fully saturated rings. The van der Waals surface area contributed by atoms with Crippen molar-refractivity contribution in [1.82, 2.24) is 0 Å². The van der Waals surface area contributed by atoms with Crippen LogP contribution in [0, 0.1) is 17.8 Å². The molecular formula is C32H52O7. The lowest BCUT2D eigenvalue weighted by atomic mass is 9.72. The van der Waals surface area contributed by atoms with Crippen LogP contribution in [0.5, 0.6) is 0 Å². The Bertz CT molecular complexity index is 798. The van der Waals surface area contributed by atoms with E-state index in [9.17, 15) is 9.90 Å². The predicted octanol–water partition coefficient (Wildman–Crippen LogP) is 6.78. The Labute approximate surface area is 235 Å². The molecule has 2 aliphatic carbocycles. The standard InChI is InChI=1S/C32H52O7/c1-3-11-23-17-16-22(2)25(23)20-26-27(37-26)21-28(38-29-14-7-9-18-35-29)32(31(33)34,24-12-5-4-6-13-24)39-30-15-8-10-19-36-30/h23-30H,2-21H2,1H3,(H,33,34)/t23-,25-,26-,27?,28?,29?,30?,32?/m0/s1. The SMILES string of the molecule is C=C1CC[C@H](CCC)[C@H]1C[C@@H]1OC1CC(OC1CCCCO1)C(OC1CCCCO1)(C(=O)O)C1CCCCC1. The molecule has 0 bridgehead atoms. The first-order chi connectivity index (χ1) is 19.0. The van der Waals surface area contributed by atoms with Crippen molar-refractivity contribution in [3.05, 3.63) is 12.2 Å². The summed E-state index contributed by atoms with van der Waals surface area (Å²) in [6.45, 7) is 7.92. The molecule has 0 aromatic carbocycles. The van der Waals surface area contributed by atoms with Gasteiger partial charge in [-0.25, -0.2) is 4.79 Å². The van der Waals surface area contributed by atoms with Gasteiger partial charge in [0.25, 0.3) is 0 Å². The van der Waals surface area contributed by atoms with Crippen LogP contribution in [0.3, 0.4) is 0 Å². The largest absolute Gasteiger partial charge is 0.479 e. The number of hydrogen-bond acceptors (Lipinski definition) is 6. The number of rotatable bonds is 13. The summed E-state index contributed by atoms with van der Waals surface area (Å²) >= 11 is 0. The van der Waals surface area contributed by atoms with Gasteiger partial charge in [0.2, 0.25) is 0 Å². The summed E-state index contributed by atoms with van der Waals surface area (Å²) in [6, 6.07) is 0. The molecule has 7 nitrogen and oxygen atoms in total. The van der Waals surface area contributed by atoms with Gasteiger partial charge in [0.1, 0.15) is 6.10 Å². The molecule has 8 atom stereocenters. The van der Waals surface area contributed by atoms with Crippen molar-refractivity contribution in [3.8, 4) is 0 Å². The number of ether oxygens (including phenoxy) is 5. The molecule has 0 aromatic heterocycles. The summed E-state index contributed by atoms with van der Waals surface area (Å²) in [6.07, 6.45) is 15.2. The highest BCUT2D eigenvalue weighted by molar-refractivity contribution is 5.79. The van der Waals surface area contributed by atoms with Crippen molar-refractivity contribution in [2.24, 2.45) is 17.8 Å². The highest BCUT2D eigenvalue weighted by Gasteiger charge is 2.59. The maximum absolute atomic E-state index is 13.4. The minimum Gasteiger partial charge on any atom is -0.479 e. The molecule has 3 heterocycles. The van der Waals surface area contributed by atoms with Gasteiger partial charge in [-0.05, 0) is 82.5 Å². The molecule has 0 aromatic rings. The summed E-state index contributed by atoms with van der Waals surface area (Å²) in [4.78, 5) is 13.4. The van der Waals surface area contributed by atoms with E-state index in [1.54, 1.807) is 0 Å². The van der Waals surface area contributed by atoms with Gasteiger partial charge in [-0.3, -0.25) is 0 Å². The van der Waals surface area contributed by atoms with E-state index in [0.29, 0.717) is 31.5 Å². The molecule has 2 saturated carbocycles. The summed E-state index contributed by atoms with van der Waals surface area (Å²) in [5.41, 5.74) is -0.104. The first-order valence-electron chi connectivity index (χ1n) is 16.1. The Hall–Kier alpha value is -0.990. The van der Waals surface area contributed by atoms with Gasteiger partial charge in [0.15, 0.2) is 18.2 Å². The molecule has 3 saturated heterocycles. The average molecular weight is 549 g/mol. The van der Waals surface area contributed by atoms with Crippen LogP contribution >= 0.6 is 0 Å². The molecule has 0 spiro atoms. The quantitative estimate of drug-likeness (QED) is 0.201. The first kappa shape index (κ1) is 29.5. The molecule has 5 rings (SSSR count). The fraction of sp³-hybridized carbons (Fsp3) is 0.906. The monoisotopic (exact) mass is 548 g/mol. The van der Waals surface area contributed by atoms with Crippen LogP contribution in [0.4, 0.5) is 0 Å². The molecule has 0 amide bonds. The second-order valence-electron chi connectivity index (χ2n) is 12.8. The second-order valence-corrected chi connectivity index (χ2v) is 12.8. The van der Waals surface area contributed by atoms with Gasteiger partial charge < -0.3 is 28.8 Å². The van der Waals surface area contributed by atoms with E-state index < -0.39 is 30.3 Å². The van der Waals surface area contributed by atoms with Crippen LogP contribution in [0.1, 0.15) is 116 Å². The smallest absolute Gasteiger partial charge is 0.339 e. The first-order valence-corrected chi connectivity index (χ1v) is 16.1. The minimum absolute atomic E-state index is 0.0209. The molecule has 3 aliphatic heterocycles. The van der Waals surface area contributed by atoms with Crippen molar-refractivity contribution >= 4 is 5.97 Å². The van der Waals surface area contributed by atoms with Crippen molar-refractivity contribution < 1.29 is 33.6 Å². The summed E-state index contributed by atoms with van der Waals surface area (Å²) < 4.78 is 31.6. The zero-order valence-electron chi connectivity index (χ0n) is 24.2. The zero-order chi connectivity index (χ0) is 27.2. The van der Waals surface area contributed by atoms with E-state index in [0.717, 1.165) is 83.5 Å². The van der Waals surface area contributed by atoms with E-state index in [4.69, 9.17) is 23.7 Å². The topological polar surface area (TPSA) is 86.8 Å². The van der Waals surface area contributed by atoms with Crippen molar-refractivity contribution in [1.29, 1.82) is 0 Å². The normalized spacial score (nSPS) is 36.4. The van der Waals surface area contributed by atoms with Crippen LogP contribution in [0.25, 0.3) is 0 Å². The lowest BCUT2D eigenvalue weighted by Gasteiger charge is -2.46. The van der Waals surface area contributed by atoms with E-state index >= 15 is 0 Å². The van der Waals surface area contributed by atoms with Crippen LogP contribution in [-0.2, 0) is 28.5 Å². The van der Waals surface area contributed by atoms with Gasteiger partial charge in [-0.15, -0.1) is 0 Å². The van der Waals surface area contributed by atoms with Gasteiger partial charge in [-0.1, -0.05) is 51.2 Å². The van der Waals surface area contributed by atoms with Crippen molar-refractivity contribution in [2.75, 3.05) is 13.2 Å². The van der Waals surface area contributed by atoms with E-state index in [1.807, 2.05) is 0 Å². The molecule has 5 aliphatic rings. The molecule has 5 unspecified atom stereocenters.